The lowest BCUT2D eigenvalue weighted by atomic mass is 9.69. The lowest BCUT2D eigenvalue weighted by Gasteiger charge is -2.45. The summed E-state index contributed by atoms with van der Waals surface area (Å²) < 4.78 is 13.3. The van der Waals surface area contributed by atoms with E-state index in [9.17, 15) is 9.18 Å². The van der Waals surface area contributed by atoms with Crippen LogP contribution in [-0.2, 0) is 11.2 Å². The molecule has 2 nitrogen and oxygen atoms in total. The number of nitrogens with zero attached hydrogens (tertiary/aromatic N) is 1. The third-order valence-electron chi connectivity index (χ3n) is 4.48. The fourth-order valence-corrected chi connectivity index (χ4v) is 3.50. The Hall–Kier alpha value is -1.03. The zero-order chi connectivity index (χ0) is 13.5. The molecule has 1 aliphatic carbocycles. The van der Waals surface area contributed by atoms with Crippen LogP contribution in [-0.4, -0.2) is 18.2 Å². The van der Waals surface area contributed by atoms with E-state index in [-0.39, 0.29) is 17.1 Å². The van der Waals surface area contributed by atoms with E-state index in [1.165, 1.54) is 12.5 Å². The molecule has 0 aromatic heterocycles. The molecule has 0 atom stereocenters. The Labute approximate surface area is 118 Å². The van der Waals surface area contributed by atoms with E-state index in [1.807, 2.05) is 4.90 Å². The topological polar surface area (TPSA) is 20.3 Å². The Morgan fingerprint density at radius 1 is 1.32 bits per heavy atom. The van der Waals surface area contributed by atoms with Gasteiger partial charge in [0.25, 0.3) is 0 Å². The number of carbonyl (C=O) groups is 1. The van der Waals surface area contributed by atoms with E-state index in [0.29, 0.717) is 12.8 Å². The van der Waals surface area contributed by atoms with Crippen molar-refractivity contribution in [2.24, 2.45) is 5.41 Å². The Balaban J connectivity index is 1.90. The van der Waals surface area contributed by atoms with Crippen LogP contribution >= 0.6 is 12.6 Å². The van der Waals surface area contributed by atoms with Crippen molar-refractivity contribution >= 4 is 24.2 Å². The van der Waals surface area contributed by atoms with Crippen molar-refractivity contribution in [3.05, 3.63) is 29.6 Å². The van der Waals surface area contributed by atoms with Gasteiger partial charge in [-0.2, -0.15) is 12.6 Å². The highest BCUT2D eigenvalue weighted by atomic mass is 32.1. The highest BCUT2D eigenvalue weighted by molar-refractivity contribution is 7.80. The molecule has 1 aromatic carbocycles. The SMILES string of the molecule is O=C1CCc2cc(F)ccc2N1CC1(CS)CCC1. The van der Waals surface area contributed by atoms with Gasteiger partial charge in [0.05, 0.1) is 0 Å². The Morgan fingerprint density at radius 3 is 2.74 bits per heavy atom. The number of rotatable bonds is 3. The molecule has 19 heavy (non-hydrogen) atoms. The van der Waals surface area contributed by atoms with Crippen LogP contribution in [0.15, 0.2) is 18.2 Å². The number of carbonyl (C=O) groups excluding carboxylic acids is 1. The third-order valence-corrected chi connectivity index (χ3v) is 5.16. The van der Waals surface area contributed by atoms with E-state index >= 15 is 0 Å². The fraction of sp³-hybridized carbons (Fsp3) is 0.533. The largest absolute Gasteiger partial charge is 0.312 e. The van der Waals surface area contributed by atoms with Gasteiger partial charge in [0.2, 0.25) is 5.91 Å². The van der Waals surface area contributed by atoms with Gasteiger partial charge < -0.3 is 4.90 Å². The minimum absolute atomic E-state index is 0.159. The summed E-state index contributed by atoms with van der Waals surface area (Å²) in [6.07, 6.45) is 4.63. The number of benzene rings is 1. The van der Waals surface area contributed by atoms with Gasteiger partial charge in [-0.3, -0.25) is 4.79 Å². The lowest BCUT2D eigenvalue weighted by molar-refractivity contribution is -0.119. The summed E-state index contributed by atoms with van der Waals surface area (Å²) in [6, 6.07) is 4.74. The highest BCUT2D eigenvalue weighted by Crippen LogP contribution is 2.44. The third kappa shape index (κ3) is 2.27. The summed E-state index contributed by atoms with van der Waals surface area (Å²) in [4.78, 5) is 14.0. The molecule has 0 radical (unpaired) electrons. The number of aryl methyl sites for hydroxylation is 1. The number of halogens is 1. The predicted molar refractivity (Wildman–Crippen MR) is 77.2 cm³/mol. The van der Waals surface area contributed by atoms with Crippen molar-refractivity contribution in [2.45, 2.75) is 32.1 Å². The van der Waals surface area contributed by atoms with Crippen LogP contribution in [0, 0.1) is 11.2 Å². The summed E-state index contributed by atoms with van der Waals surface area (Å²) in [7, 11) is 0. The van der Waals surface area contributed by atoms with E-state index in [2.05, 4.69) is 12.6 Å². The summed E-state index contributed by atoms with van der Waals surface area (Å²) in [5, 5.41) is 0. The predicted octanol–water partition coefficient (Wildman–Crippen LogP) is 3.21. The fourth-order valence-electron chi connectivity index (χ4n) is 3.08. The molecular weight excluding hydrogens is 261 g/mol. The average Bonchev–Trinajstić information content (AvgIpc) is 2.36. The van der Waals surface area contributed by atoms with Crippen molar-refractivity contribution in [3.8, 4) is 0 Å². The van der Waals surface area contributed by atoms with Gasteiger partial charge in [0.1, 0.15) is 5.82 Å². The van der Waals surface area contributed by atoms with Crippen LogP contribution < -0.4 is 4.90 Å². The molecule has 0 N–H and O–H groups in total. The van der Waals surface area contributed by atoms with Gasteiger partial charge in [0, 0.05) is 18.7 Å². The van der Waals surface area contributed by atoms with Gasteiger partial charge in [-0.15, -0.1) is 0 Å². The van der Waals surface area contributed by atoms with Crippen molar-refractivity contribution in [1.29, 1.82) is 0 Å². The number of hydrogen-bond donors (Lipinski definition) is 1. The molecular formula is C15H18FNOS. The molecule has 1 amide bonds. The molecule has 0 bridgehead atoms. The van der Waals surface area contributed by atoms with Crippen LogP contribution in [0.1, 0.15) is 31.2 Å². The van der Waals surface area contributed by atoms with Crippen LogP contribution in [0.25, 0.3) is 0 Å². The van der Waals surface area contributed by atoms with Crippen molar-refractivity contribution < 1.29 is 9.18 Å². The first kappa shape index (κ1) is 13.0. The summed E-state index contributed by atoms with van der Waals surface area (Å²) in [6.45, 7) is 0.730. The van der Waals surface area contributed by atoms with Gasteiger partial charge in [0.15, 0.2) is 0 Å². The Kier molecular flexibility index (Phi) is 3.29. The molecule has 2 aliphatic rings. The quantitative estimate of drug-likeness (QED) is 0.842. The van der Waals surface area contributed by atoms with E-state index < -0.39 is 0 Å². The second kappa shape index (κ2) is 4.82. The van der Waals surface area contributed by atoms with E-state index in [0.717, 1.165) is 36.4 Å². The van der Waals surface area contributed by atoms with Gasteiger partial charge in [-0.05, 0) is 54.2 Å². The zero-order valence-electron chi connectivity index (χ0n) is 10.9. The summed E-state index contributed by atoms with van der Waals surface area (Å²) in [5.41, 5.74) is 2.01. The van der Waals surface area contributed by atoms with Crippen LogP contribution in [0.2, 0.25) is 0 Å². The molecule has 3 rings (SSSR count). The molecule has 1 saturated carbocycles. The summed E-state index contributed by atoms with van der Waals surface area (Å²) in [5.74, 6) is 0.751. The van der Waals surface area contributed by atoms with Crippen molar-refractivity contribution in [2.75, 3.05) is 17.2 Å². The van der Waals surface area contributed by atoms with Gasteiger partial charge >= 0.3 is 0 Å². The Bertz CT molecular complexity index is 507. The maximum Gasteiger partial charge on any atom is 0.227 e. The lowest BCUT2D eigenvalue weighted by Crippen LogP contribution is -2.47. The average molecular weight is 279 g/mol. The molecule has 1 aromatic rings. The molecule has 1 aliphatic heterocycles. The zero-order valence-corrected chi connectivity index (χ0v) is 11.8. The molecule has 0 unspecified atom stereocenters. The monoisotopic (exact) mass is 279 g/mol. The maximum absolute atomic E-state index is 13.3. The van der Waals surface area contributed by atoms with Crippen molar-refractivity contribution in [3.63, 3.8) is 0 Å². The van der Waals surface area contributed by atoms with E-state index in [1.54, 1.807) is 12.1 Å². The minimum atomic E-state index is -0.222. The maximum atomic E-state index is 13.3. The summed E-state index contributed by atoms with van der Waals surface area (Å²) >= 11 is 4.45. The van der Waals surface area contributed by atoms with E-state index in [4.69, 9.17) is 0 Å². The second-order valence-electron chi connectivity index (χ2n) is 5.76. The first-order valence-electron chi connectivity index (χ1n) is 6.83. The number of thiol groups is 1. The van der Waals surface area contributed by atoms with Crippen molar-refractivity contribution in [1.82, 2.24) is 0 Å². The second-order valence-corrected chi connectivity index (χ2v) is 6.08. The normalized spacial score (nSPS) is 20.9. The minimum Gasteiger partial charge on any atom is -0.312 e. The standard InChI is InChI=1S/C15H18FNOS/c16-12-3-4-13-11(8-12)2-5-14(18)17(13)9-15(10-19)6-1-7-15/h3-4,8,19H,1-2,5-7,9-10H2. The Morgan fingerprint density at radius 2 is 2.11 bits per heavy atom. The molecule has 0 saturated heterocycles. The van der Waals surface area contributed by atoms with Crippen LogP contribution in [0.4, 0.5) is 10.1 Å². The van der Waals surface area contributed by atoms with Gasteiger partial charge in [-0.25, -0.2) is 4.39 Å². The molecule has 4 heteroatoms. The molecule has 1 heterocycles. The van der Waals surface area contributed by atoms with Crippen LogP contribution in [0.5, 0.6) is 0 Å². The highest BCUT2D eigenvalue weighted by Gasteiger charge is 2.39. The first-order valence-corrected chi connectivity index (χ1v) is 7.46. The first-order chi connectivity index (χ1) is 9.13. The number of hydrogen-bond acceptors (Lipinski definition) is 2. The molecule has 0 spiro atoms. The van der Waals surface area contributed by atoms with Gasteiger partial charge in [-0.1, -0.05) is 6.42 Å². The number of anilines is 1. The molecule has 1 fully saturated rings. The number of fused-ring (bicyclic) bond motifs is 1. The molecule has 102 valence electrons. The smallest absolute Gasteiger partial charge is 0.227 e. The van der Waals surface area contributed by atoms with Crippen LogP contribution in [0.3, 0.4) is 0 Å². The number of amides is 1.